The summed E-state index contributed by atoms with van der Waals surface area (Å²) in [6.07, 6.45) is 58.7. The molecule has 0 bridgehead atoms. The maximum absolute atomic E-state index is 13.1. The van der Waals surface area contributed by atoms with Gasteiger partial charge in [0.15, 0.2) is 12.2 Å². The second-order valence-electron chi connectivity index (χ2n) is 29.1. The molecule has 5 atom stereocenters. The maximum atomic E-state index is 13.1. The minimum absolute atomic E-state index is 0.106. The van der Waals surface area contributed by atoms with Crippen LogP contribution in [0.2, 0.25) is 0 Å². The van der Waals surface area contributed by atoms with E-state index in [2.05, 4.69) is 41.5 Å². The quantitative estimate of drug-likeness (QED) is 0.0222. The molecule has 0 aliphatic rings. The first-order valence-electron chi connectivity index (χ1n) is 40.5. The van der Waals surface area contributed by atoms with E-state index in [1.807, 2.05) is 0 Å². The van der Waals surface area contributed by atoms with E-state index in [1.165, 1.54) is 218 Å². The molecule has 576 valence electrons. The lowest BCUT2D eigenvalue weighted by Crippen LogP contribution is -2.30. The molecule has 0 radical (unpaired) electrons. The fourth-order valence-electron chi connectivity index (χ4n) is 12.0. The molecule has 0 amide bonds. The normalized spacial score (nSPS) is 14.0. The first-order valence-corrected chi connectivity index (χ1v) is 43.5. The van der Waals surface area contributed by atoms with Crippen LogP contribution in [0.4, 0.5) is 0 Å². The largest absolute Gasteiger partial charge is 0.472 e. The van der Waals surface area contributed by atoms with Crippen LogP contribution < -0.4 is 0 Å². The molecule has 0 aliphatic heterocycles. The third-order valence-corrected chi connectivity index (χ3v) is 20.1. The van der Waals surface area contributed by atoms with Crippen molar-refractivity contribution in [1.82, 2.24) is 0 Å². The van der Waals surface area contributed by atoms with E-state index in [0.29, 0.717) is 25.7 Å². The number of ether oxygens (including phenoxy) is 4. The molecule has 0 aromatic heterocycles. The zero-order valence-electron chi connectivity index (χ0n) is 63.4. The van der Waals surface area contributed by atoms with Gasteiger partial charge >= 0.3 is 39.5 Å². The van der Waals surface area contributed by atoms with Crippen molar-refractivity contribution in [2.45, 2.75) is 426 Å². The summed E-state index contributed by atoms with van der Waals surface area (Å²) in [7, 11) is -9.90. The standard InChI is InChI=1S/C78H152O17P2/c1-7-9-11-13-14-15-16-17-18-19-20-21-22-23-28-34-39-44-50-56-63-78(83)95-74(67-89-76(81)61-55-49-43-38-33-29-24-26-31-36-41-47-52-58-70(3)4)69-93-97(86,87)91-65-72(79)64-90-96(84,85)92-68-73(66-88-75(80)60-54-46-12-10-8-2)94-77(82)62-57-51-45-40-35-30-25-27-32-37-42-48-53-59-71(5)6/h70-74,79H,7-69H2,1-6H3,(H,84,85)(H,86,87)/t72-,73+,74+/m0/s1. The predicted octanol–water partition coefficient (Wildman–Crippen LogP) is 23.1. The molecule has 0 saturated carbocycles. The van der Waals surface area contributed by atoms with Crippen molar-refractivity contribution in [2.75, 3.05) is 39.6 Å². The van der Waals surface area contributed by atoms with Crippen LogP contribution in [0, 0.1) is 11.8 Å². The van der Waals surface area contributed by atoms with Crippen molar-refractivity contribution in [3.05, 3.63) is 0 Å². The van der Waals surface area contributed by atoms with Crippen molar-refractivity contribution in [2.24, 2.45) is 11.8 Å². The van der Waals surface area contributed by atoms with Gasteiger partial charge in [0, 0.05) is 25.7 Å². The number of phosphoric acid groups is 2. The summed E-state index contributed by atoms with van der Waals surface area (Å²) < 4.78 is 68.4. The Morgan fingerprint density at radius 3 is 0.701 bits per heavy atom. The minimum atomic E-state index is -4.96. The lowest BCUT2D eigenvalue weighted by atomic mass is 10.0. The predicted molar refractivity (Wildman–Crippen MR) is 395 cm³/mol. The van der Waals surface area contributed by atoms with Crippen LogP contribution in [-0.4, -0.2) is 96.7 Å². The summed E-state index contributed by atoms with van der Waals surface area (Å²) in [5.41, 5.74) is 0. The fourth-order valence-corrected chi connectivity index (χ4v) is 13.6. The van der Waals surface area contributed by atoms with Crippen LogP contribution in [-0.2, 0) is 65.4 Å². The highest BCUT2D eigenvalue weighted by Crippen LogP contribution is 2.45. The minimum Gasteiger partial charge on any atom is -0.462 e. The molecule has 0 saturated heterocycles. The van der Waals surface area contributed by atoms with Gasteiger partial charge < -0.3 is 33.8 Å². The topological polar surface area (TPSA) is 237 Å². The third kappa shape index (κ3) is 72.2. The smallest absolute Gasteiger partial charge is 0.462 e. The average Bonchev–Trinajstić information content (AvgIpc) is 1.44. The molecule has 0 rings (SSSR count). The van der Waals surface area contributed by atoms with Crippen LogP contribution in [0.3, 0.4) is 0 Å². The van der Waals surface area contributed by atoms with Gasteiger partial charge in [0.2, 0.25) is 0 Å². The summed E-state index contributed by atoms with van der Waals surface area (Å²) in [6.45, 7) is 9.56. The Bertz CT molecular complexity index is 1870. The van der Waals surface area contributed by atoms with E-state index < -0.39 is 97.5 Å². The van der Waals surface area contributed by atoms with Gasteiger partial charge in [0.25, 0.3) is 0 Å². The summed E-state index contributed by atoms with van der Waals surface area (Å²) in [5.74, 6) is -0.546. The Balaban J connectivity index is 5.13. The van der Waals surface area contributed by atoms with Gasteiger partial charge in [0.05, 0.1) is 26.4 Å². The Morgan fingerprint density at radius 1 is 0.278 bits per heavy atom. The first kappa shape index (κ1) is 95.1. The molecule has 97 heavy (non-hydrogen) atoms. The fraction of sp³-hybridized carbons (Fsp3) is 0.949. The van der Waals surface area contributed by atoms with Crippen molar-refractivity contribution in [1.29, 1.82) is 0 Å². The lowest BCUT2D eigenvalue weighted by molar-refractivity contribution is -0.161. The van der Waals surface area contributed by atoms with Crippen LogP contribution >= 0.6 is 15.6 Å². The van der Waals surface area contributed by atoms with Crippen LogP contribution in [0.5, 0.6) is 0 Å². The Labute approximate surface area is 594 Å². The average molecular weight is 1420 g/mol. The van der Waals surface area contributed by atoms with Crippen molar-refractivity contribution >= 4 is 39.5 Å². The number of aliphatic hydroxyl groups excluding tert-OH is 1. The summed E-state index contributed by atoms with van der Waals surface area (Å²) in [4.78, 5) is 72.6. The molecule has 3 N–H and O–H groups in total. The van der Waals surface area contributed by atoms with Gasteiger partial charge in [-0.1, -0.05) is 356 Å². The summed E-state index contributed by atoms with van der Waals surface area (Å²) in [5, 5.41) is 10.6. The highest BCUT2D eigenvalue weighted by Gasteiger charge is 2.30. The second kappa shape index (κ2) is 69.8. The van der Waals surface area contributed by atoms with E-state index in [9.17, 15) is 43.2 Å². The first-order chi connectivity index (χ1) is 46.9. The number of unbranched alkanes of at least 4 members (excludes halogenated alkanes) is 47. The molecule has 0 aromatic carbocycles. The highest BCUT2D eigenvalue weighted by molar-refractivity contribution is 7.47. The number of aliphatic hydroxyl groups is 1. The van der Waals surface area contributed by atoms with Crippen LogP contribution in [0.25, 0.3) is 0 Å². The molecule has 0 heterocycles. The van der Waals surface area contributed by atoms with E-state index in [-0.39, 0.29) is 25.7 Å². The SMILES string of the molecule is CCCCCCCCCCCCCCCCCCCCCCC(=O)O[C@H](COC(=O)CCCCCCCCCCCCCCCC(C)C)COP(=O)(O)OC[C@@H](O)COP(=O)(O)OC[C@@H](COC(=O)CCCCCCC)OC(=O)CCCCCCCCCCCCCCCC(C)C. The summed E-state index contributed by atoms with van der Waals surface area (Å²) >= 11 is 0. The molecule has 0 aliphatic carbocycles. The van der Waals surface area contributed by atoms with Gasteiger partial charge in [-0.3, -0.25) is 37.3 Å². The molecule has 0 spiro atoms. The number of hydrogen-bond donors (Lipinski definition) is 3. The number of esters is 4. The Hall–Kier alpha value is -1.94. The van der Waals surface area contributed by atoms with Crippen LogP contribution in [0.1, 0.15) is 408 Å². The molecular formula is C78H152O17P2. The van der Waals surface area contributed by atoms with Gasteiger partial charge in [0.1, 0.15) is 19.3 Å². The van der Waals surface area contributed by atoms with Gasteiger partial charge in [-0.05, 0) is 37.5 Å². The zero-order chi connectivity index (χ0) is 71.4. The Morgan fingerprint density at radius 2 is 0.474 bits per heavy atom. The number of rotatable bonds is 77. The second-order valence-corrected chi connectivity index (χ2v) is 32.0. The van der Waals surface area contributed by atoms with E-state index >= 15 is 0 Å². The molecule has 0 fully saturated rings. The molecule has 19 heteroatoms. The van der Waals surface area contributed by atoms with Gasteiger partial charge in [-0.15, -0.1) is 0 Å². The van der Waals surface area contributed by atoms with E-state index in [1.54, 1.807) is 0 Å². The van der Waals surface area contributed by atoms with E-state index in [0.717, 1.165) is 108 Å². The maximum Gasteiger partial charge on any atom is 0.472 e. The zero-order valence-corrected chi connectivity index (χ0v) is 65.2. The molecule has 2 unspecified atom stereocenters. The van der Waals surface area contributed by atoms with Crippen molar-refractivity contribution < 1.29 is 80.2 Å². The third-order valence-electron chi connectivity index (χ3n) is 18.2. The van der Waals surface area contributed by atoms with Gasteiger partial charge in [-0.2, -0.15) is 0 Å². The van der Waals surface area contributed by atoms with Crippen molar-refractivity contribution in [3.8, 4) is 0 Å². The number of carbonyl (C=O) groups is 4. The molecular weight excluding hydrogens is 1270 g/mol. The van der Waals surface area contributed by atoms with Gasteiger partial charge in [-0.25, -0.2) is 9.13 Å². The number of carbonyl (C=O) groups excluding carboxylic acids is 4. The highest BCUT2D eigenvalue weighted by atomic mass is 31.2. The summed E-state index contributed by atoms with van der Waals surface area (Å²) in [6, 6.07) is 0. The molecule has 17 nitrogen and oxygen atoms in total. The van der Waals surface area contributed by atoms with E-state index in [4.69, 9.17) is 37.0 Å². The Kier molecular flexibility index (Phi) is 68.4. The number of phosphoric ester groups is 2. The number of hydrogen-bond acceptors (Lipinski definition) is 15. The monoisotopic (exact) mass is 1420 g/mol. The lowest BCUT2D eigenvalue weighted by Gasteiger charge is -2.21. The molecule has 0 aromatic rings. The van der Waals surface area contributed by atoms with Crippen LogP contribution in [0.15, 0.2) is 0 Å². The van der Waals surface area contributed by atoms with Crippen molar-refractivity contribution in [3.63, 3.8) is 0 Å².